The number of nitrogens with zero attached hydrogens (tertiary/aromatic N) is 3. The van der Waals surface area contributed by atoms with Crippen molar-refractivity contribution in [2.75, 3.05) is 18.0 Å². The molecule has 1 fully saturated rings. The zero-order valence-corrected chi connectivity index (χ0v) is 14.5. The van der Waals surface area contributed by atoms with Crippen LogP contribution in [0.4, 0.5) is 18.9 Å². The number of ether oxygens (including phenoxy) is 1. The van der Waals surface area contributed by atoms with Crippen LogP contribution in [0.1, 0.15) is 22.6 Å². The van der Waals surface area contributed by atoms with Crippen LogP contribution in [-0.4, -0.2) is 35.4 Å². The van der Waals surface area contributed by atoms with Crippen LogP contribution in [0, 0.1) is 0 Å². The van der Waals surface area contributed by atoms with E-state index in [2.05, 4.69) is 25.9 Å². The number of hydrogen-bond acceptors (Lipinski definition) is 6. The highest BCUT2D eigenvalue weighted by Crippen LogP contribution is 2.34. The largest absolute Gasteiger partial charge is 0.465 e. The molecule has 0 amide bonds. The Balaban J connectivity index is 1.68. The third-order valence-electron chi connectivity index (χ3n) is 3.51. The van der Waals surface area contributed by atoms with Crippen LogP contribution in [0.5, 0.6) is 5.19 Å². The maximum absolute atomic E-state index is 12.6. The number of pyridine rings is 1. The van der Waals surface area contributed by atoms with E-state index in [9.17, 15) is 18.0 Å². The molecule has 2 aromatic heterocycles. The monoisotopic (exact) mass is 421 g/mol. The molecule has 1 atom stereocenters. The summed E-state index contributed by atoms with van der Waals surface area (Å²) in [4.78, 5) is 20.6. The second kappa shape index (κ2) is 6.67. The molecule has 0 spiro atoms. The van der Waals surface area contributed by atoms with E-state index in [1.54, 1.807) is 12.1 Å². The summed E-state index contributed by atoms with van der Waals surface area (Å²) in [7, 11) is 0. The van der Waals surface area contributed by atoms with Gasteiger partial charge in [0.05, 0.1) is 12.2 Å². The molecule has 0 N–H and O–H groups in total. The average molecular weight is 422 g/mol. The number of anilines is 1. The van der Waals surface area contributed by atoms with Gasteiger partial charge in [0, 0.05) is 18.3 Å². The molecule has 2 aromatic rings. The van der Waals surface area contributed by atoms with E-state index in [-0.39, 0.29) is 11.3 Å². The minimum absolute atomic E-state index is 0.00119. The number of rotatable bonds is 4. The molecule has 128 valence electrons. The first-order valence-corrected chi connectivity index (χ1v) is 8.60. The Bertz CT molecular complexity index is 753. The van der Waals surface area contributed by atoms with Crippen LogP contribution in [-0.2, 0) is 6.18 Å². The zero-order valence-electron chi connectivity index (χ0n) is 12.1. The standard InChI is InChI=1S/C14H11BrF3N3O2S/c15-12-2-1-10(9(6-22)19-12)21-4-3-8(5-21)23-13-20-11(7-24-13)14(16,17)18/h1-2,6-8H,3-5H2. The van der Waals surface area contributed by atoms with Gasteiger partial charge in [-0.2, -0.15) is 18.2 Å². The SMILES string of the molecule is O=Cc1nc(Br)ccc1N1CCC(Oc2nc(C(F)(F)F)cs2)C1. The molecular weight excluding hydrogens is 411 g/mol. The lowest BCUT2D eigenvalue weighted by molar-refractivity contribution is -0.140. The molecule has 3 heterocycles. The fraction of sp³-hybridized carbons (Fsp3) is 0.357. The Labute approximate surface area is 147 Å². The predicted molar refractivity (Wildman–Crippen MR) is 85.7 cm³/mol. The lowest BCUT2D eigenvalue weighted by atomic mass is 10.3. The first-order chi connectivity index (χ1) is 11.4. The topological polar surface area (TPSA) is 55.3 Å². The summed E-state index contributed by atoms with van der Waals surface area (Å²) >= 11 is 4.03. The van der Waals surface area contributed by atoms with E-state index in [1.807, 2.05) is 4.90 Å². The zero-order chi connectivity index (χ0) is 17.3. The van der Waals surface area contributed by atoms with Gasteiger partial charge in [-0.1, -0.05) is 11.3 Å². The molecule has 0 aliphatic carbocycles. The van der Waals surface area contributed by atoms with Gasteiger partial charge >= 0.3 is 6.18 Å². The van der Waals surface area contributed by atoms with E-state index in [0.717, 1.165) is 16.7 Å². The molecular formula is C14H11BrF3N3O2S. The highest BCUT2D eigenvalue weighted by molar-refractivity contribution is 9.10. The van der Waals surface area contributed by atoms with Crippen LogP contribution in [0.15, 0.2) is 22.1 Å². The van der Waals surface area contributed by atoms with Crippen molar-refractivity contribution in [2.45, 2.75) is 18.7 Å². The first kappa shape index (κ1) is 17.2. The Kier molecular flexibility index (Phi) is 4.77. The van der Waals surface area contributed by atoms with Crippen molar-refractivity contribution in [3.05, 3.63) is 33.5 Å². The number of carbonyl (C=O) groups is 1. The number of hydrogen-bond donors (Lipinski definition) is 0. The summed E-state index contributed by atoms with van der Waals surface area (Å²) < 4.78 is 43.8. The highest BCUT2D eigenvalue weighted by Gasteiger charge is 2.35. The Hall–Kier alpha value is -1.68. The maximum Gasteiger partial charge on any atom is 0.434 e. The quantitative estimate of drug-likeness (QED) is 0.555. The van der Waals surface area contributed by atoms with E-state index >= 15 is 0 Å². The van der Waals surface area contributed by atoms with E-state index in [1.165, 1.54) is 0 Å². The van der Waals surface area contributed by atoms with Gasteiger partial charge in [0.2, 0.25) is 0 Å². The summed E-state index contributed by atoms with van der Waals surface area (Å²) in [5.74, 6) is 0. The maximum atomic E-state index is 12.6. The number of aldehydes is 1. The summed E-state index contributed by atoms with van der Waals surface area (Å²) in [6.07, 6.45) is -3.47. The Morgan fingerprint density at radius 2 is 2.17 bits per heavy atom. The predicted octanol–water partition coefficient (Wildman–Crippen LogP) is 3.79. The van der Waals surface area contributed by atoms with E-state index in [4.69, 9.17) is 4.74 Å². The number of alkyl halides is 3. The van der Waals surface area contributed by atoms with Crippen molar-refractivity contribution in [2.24, 2.45) is 0 Å². The molecule has 0 radical (unpaired) electrons. The molecule has 1 unspecified atom stereocenters. The third-order valence-corrected chi connectivity index (χ3v) is 4.68. The van der Waals surface area contributed by atoms with Gasteiger partial charge in [-0.25, -0.2) is 4.98 Å². The number of halogens is 4. The highest BCUT2D eigenvalue weighted by atomic mass is 79.9. The van der Waals surface area contributed by atoms with Crippen LogP contribution < -0.4 is 9.64 Å². The van der Waals surface area contributed by atoms with Crippen LogP contribution >= 0.6 is 27.3 Å². The number of carbonyl (C=O) groups excluding carboxylic acids is 1. The molecule has 0 bridgehead atoms. The second-order valence-electron chi connectivity index (χ2n) is 5.13. The summed E-state index contributed by atoms with van der Waals surface area (Å²) in [5, 5.41) is 0.935. The van der Waals surface area contributed by atoms with Crippen molar-refractivity contribution in [1.82, 2.24) is 9.97 Å². The molecule has 0 aromatic carbocycles. The van der Waals surface area contributed by atoms with Gasteiger partial charge in [-0.3, -0.25) is 4.79 Å². The molecule has 10 heteroatoms. The number of thiazole rings is 1. The normalized spacial score (nSPS) is 18.0. The van der Waals surface area contributed by atoms with E-state index in [0.29, 0.717) is 41.8 Å². The molecule has 3 rings (SSSR count). The van der Waals surface area contributed by atoms with Gasteiger partial charge in [0.25, 0.3) is 5.19 Å². The van der Waals surface area contributed by atoms with Crippen molar-refractivity contribution < 1.29 is 22.7 Å². The summed E-state index contributed by atoms with van der Waals surface area (Å²) in [6.45, 7) is 1.07. The molecule has 5 nitrogen and oxygen atoms in total. The molecule has 0 saturated carbocycles. The van der Waals surface area contributed by atoms with Gasteiger partial charge < -0.3 is 9.64 Å². The third kappa shape index (κ3) is 3.69. The van der Waals surface area contributed by atoms with E-state index < -0.39 is 11.9 Å². The molecule has 1 saturated heterocycles. The van der Waals surface area contributed by atoms with Gasteiger partial charge in [0.15, 0.2) is 12.0 Å². The first-order valence-electron chi connectivity index (χ1n) is 6.93. The lowest BCUT2D eigenvalue weighted by Crippen LogP contribution is -2.25. The lowest BCUT2D eigenvalue weighted by Gasteiger charge is -2.19. The second-order valence-corrected chi connectivity index (χ2v) is 6.76. The summed E-state index contributed by atoms with van der Waals surface area (Å²) in [6, 6.07) is 3.50. The van der Waals surface area contributed by atoms with Crippen molar-refractivity contribution in [3.63, 3.8) is 0 Å². The molecule has 1 aliphatic rings. The number of aromatic nitrogens is 2. The minimum Gasteiger partial charge on any atom is -0.465 e. The molecule has 24 heavy (non-hydrogen) atoms. The minimum atomic E-state index is -4.47. The van der Waals surface area contributed by atoms with Crippen molar-refractivity contribution in [3.8, 4) is 5.19 Å². The smallest absolute Gasteiger partial charge is 0.434 e. The van der Waals surface area contributed by atoms with Crippen LogP contribution in [0.3, 0.4) is 0 Å². The average Bonchev–Trinajstić information content (AvgIpc) is 3.16. The van der Waals surface area contributed by atoms with Gasteiger partial charge in [-0.05, 0) is 28.1 Å². The fourth-order valence-electron chi connectivity index (χ4n) is 2.42. The van der Waals surface area contributed by atoms with Crippen molar-refractivity contribution in [1.29, 1.82) is 0 Å². The molecule has 1 aliphatic heterocycles. The van der Waals surface area contributed by atoms with Gasteiger partial charge in [0.1, 0.15) is 16.4 Å². The van der Waals surface area contributed by atoms with Crippen molar-refractivity contribution >= 4 is 39.2 Å². The van der Waals surface area contributed by atoms with Crippen LogP contribution in [0.25, 0.3) is 0 Å². The van der Waals surface area contributed by atoms with Crippen LogP contribution in [0.2, 0.25) is 0 Å². The Morgan fingerprint density at radius 1 is 1.38 bits per heavy atom. The fourth-order valence-corrected chi connectivity index (χ4v) is 3.49. The van der Waals surface area contributed by atoms with Gasteiger partial charge in [-0.15, -0.1) is 0 Å². The summed E-state index contributed by atoms with van der Waals surface area (Å²) in [5.41, 5.74) is 0.0331. The Morgan fingerprint density at radius 3 is 2.83 bits per heavy atom.